The third-order valence-corrected chi connectivity index (χ3v) is 6.52. The number of nitrogens with zero attached hydrogens (tertiary/aromatic N) is 2. The van der Waals surface area contributed by atoms with Gasteiger partial charge >= 0.3 is 0 Å². The average molecular weight is 432 g/mol. The molecule has 2 amide bonds. The van der Waals surface area contributed by atoms with Crippen LogP contribution in [0.5, 0.6) is 0 Å². The highest BCUT2D eigenvalue weighted by Gasteiger charge is 2.30. The second-order valence-corrected chi connectivity index (χ2v) is 9.16. The molecule has 2 aromatic carbocycles. The zero-order valence-electron chi connectivity index (χ0n) is 19.4. The largest absolute Gasteiger partial charge is 0.326 e. The summed E-state index contributed by atoms with van der Waals surface area (Å²) in [7, 11) is 0. The molecular formula is C27H33N3O2. The van der Waals surface area contributed by atoms with Crippen molar-refractivity contribution in [2.45, 2.75) is 77.8 Å². The highest BCUT2D eigenvalue weighted by Crippen LogP contribution is 2.36. The van der Waals surface area contributed by atoms with Crippen LogP contribution in [0.3, 0.4) is 0 Å². The lowest BCUT2D eigenvalue weighted by molar-refractivity contribution is -0.117. The molecule has 0 bridgehead atoms. The van der Waals surface area contributed by atoms with E-state index in [1.165, 1.54) is 32.6 Å². The van der Waals surface area contributed by atoms with E-state index >= 15 is 0 Å². The summed E-state index contributed by atoms with van der Waals surface area (Å²) < 4.78 is 0. The van der Waals surface area contributed by atoms with Crippen LogP contribution in [0, 0.1) is 0 Å². The molecule has 1 aliphatic heterocycles. The maximum atomic E-state index is 12.5. The Balaban J connectivity index is 1.76. The third-order valence-electron chi connectivity index (χ3n) is 6.52. The number of hydrogen-bond donors (Lipinski definition) is 1. The average Bonchev–Trinajstić information content (AvgIpc) is 3.01. The van der Waals surface area contributed by atoms with E-state index in [4.69, 9.17) is 4.99 Å². The van der Waals surface area contributed by atoms with Gasteiger partial charge in [0.25, 0.3) is 0 Å². The minimum absolute atomic E-state index is 0.0627. The summed E-state index contributed by atoms with van der Waals surface area (Å²) in [4.78, 5) is 31.1. The lowest BCUT2D eigenvalue weighted by Crippen LogP contribution is -2.43. The summed E-state index contributed by atoms with van der Waals surface area (Å²) in [5, 5.41) is 2.86. The van der Waals surface area contributed by atoms with E-state index < -0.39 is 0 Å². The van der Waals surface area contributed by atoms with Gasteiger partial charge in [0, 0.05) is 43.3 Å². The summed E-state index contributed by atoms with van der Waals surface area (Å²) in [5.74, 6) is -0.0239. The van der Waals surface area contributed by atoms with Crippen molar-refractivity contribution in [3.05, 3.63) is 48.0 Å². The normalized spacial score (nSPS) is 20.5. The van der Waals surface area contributed by atoms with Crippen molar-refractivity contribution in [1.29, 1.82) is 0 Å². The summed E-state index contributed by atoms with van der Waals surface area (Å²) >= 11 is 0. The monoisotopic (exact) mass is 431 g/mol. The topological polar surface area (TPSA) is 61.8 Å². The van der Waals surface area contributed by atoms with E-state index in [2.05, 4.69) is 30.4 Å². The van der Waals surface area contributed by atoms with Gasteiger partial charge in [-0.15, -0.1) is 0 Å². The van der Waals surface area contributed by atoms with Crippen LogP contribution in [0.4, 0.5) is 11.4 Å². The Labute approximate surface area is 190 Å². The molecule has 1 fully saturated rings. The van der Waals surface area contributed by atoms with Crippen LogP contribution in [-0.2, 0) is 9.59 Å². The molecule has 4 rings (SSSR count). The standard InChI is InChI=1S/C27H33N3O2/c1-18-15-26(29-23-10-6-4-5-7-11-23)25-17-22(13-14-27(25)30(18)20(3)32)21-9-8-12-24(16-21)28-19(2)31/h8-9,12-14,16-18,23H,4-7,10-11,15H2,1-3H3,(H,28,31)/t18-/m0/s1. The number of aliphatic imine (C=N–C) groups is 1. The number of benzene rings is 2. The van der Waals surface area contributed by atoms with Gasteiger partial charge in [-0.25, -0.2) is 0 Å². The van der Waals surface area contributed by atoms with Gasteiger partial charge in [-0.1, -0.05) is 43.9 Å². The van der Waals surface area contributed by atoms with Crippen molar-refractivity contribution in [2.24, 2.45) is 4.99 Å². The molecular weight excluding hydrogens is 398 g/mol. The van der Waals surface area contributed by atoms with E-state index in [0.717, 1.165) is 53.0 Å². The lowest BCUT2D eigenvalue weighted by Gasteiger charge is -2.36. The predicted molar refractivity (Wildman–Crippen MR) is 131 cm³/mol. The minimum Gasteiger partial charge on any atom is -0.326 e. The Morgan fingerprint density at radius 1 is 0.969 bits per heavy atom. The summed E-state index contributed by atoms with van der Waals surface area (Å²) in [6.45, 7) is 5.26. The Morgan fingerprint density at radius 3 is 2.38 bits per heavy atom. The lowest BCUT2D eigenvalue weighted by atomic mass is 9.90. The van der Waals surface area contributed by atoms with Crippen molar-refractivity contribution in [1.82, 2.24) is 0 Å². The number of carbonyl (C=O) groups is 2. The Kier molecular flexibility index (Phi) is 6.73. The Morgan fingerprint density at radius 2 is 1.69 bits per heavy atom. The van der Waals surface area contributed by atoms with Crippen LogP contribution < -0.4 is 10.2 Å². The zero-order chi connectivity index (χ0) is 22.7. The first-order valence-electron chi connectivity index (χ1n) is 11.8. The minimum atomic E-state index is -0.0866. The highest BCUT2D eigenvalue weighted by molar-refractivity contribution is 6.12. The fraction of sp³-hybridized carbons (Fsp3) is 0.444. The van der Waals surface area contributed by atoms with Crippen LogP contribution in [0.1, 0.15) is 71.3 Å². The Hall–Kier alpha value is -2.95. The van der Waals surface area contributed by atoms with Gasteiger partial charge in [-0.05, 0) is 55.2 Å². The molecule has 0 radical (unpaired) electrons. The van der Waals surface area contributed by atoms with E-state index in [-0.39, 0.29) is 17.9 Å². The number of rotatable bonds is 3. The highest BCUT2D eigenvalue weighted by atomic mass is 16.2. The van der Waals surface area contributed by atoms with E-state index in [0.29, 0.717) is 6.04 Å². The fourth-order valence-corrected chi connectivity index (χ4v) is 5.06. The molecule has 0 saturated heterocycles. The second-order valence-electron chi connectivity index (χ2n) is 9.16. The second kappa shape index (κ2) is 9.68. The molecule has 2 aromatic rings. The molecule has 5 nitrogen and oxygen atoms in total. The van der Waals surface area contributed by atoms with Crippen molar-refractivity contribution in [3.63, 3.8) is 0 Å². The van der Waals surface area contributed by atoms with Gasteiger partial charge in [0.1, 0.15) is 0 Å². The SMILES string of the molecule is CC(=O)Nc1cccc(-c2ccc3c(c2)C(=NC2CCCCCC2)C[C@H](C)N3C(C)=O)c1. The molecule has 2 aliphatic rings. The third kappa shape index (κ3) is 4.93. The first kappa shape index (κ1) is 22.3. The fourth-order valence-electron chi connectivity index (χ4n) is 5.06. The van der Waals surface area contributed by atoms with Gasteiger partial charge in [-0.3, -0.25) is 14.6 Å². The molecule has 1 heterocycles. The maximum Gasteiger partial charge on any atom is 0.224 e. The van der Waals surface area contributed by atoms with Crippen molar-refractivity contribution in [3.8, 4) is 11.1 Å². The molecule has 1 atom stereocenters. The molecule has 0 unspecified atom stereocenters. The quantitative estimate of drug-likeness (QED) is 0.609. The molecule has 1 N–H and O–H groups in total. The number of nitrogens with one attached hydrogen (secondary N) is 1. The van der Waals surface area contributed by atoms with Crippen molar-refractivity contribution in [2.75, 3.05) is 10.2 Å². The van der Waals surface area contributed by atoms with Crippen molar-refractivity contribution >= 4 is 28.9 Å². The van der Waals surface area contributed by atoms with Gasteiger partial charge < -0.3 is 10.2 Å². The summed E-state index contributed by atoms with van der Waals surface area (Å²) in [5.41, 5.74) is 6.00. The first-order valence-corrected chi connectivity index (χ1v) is 11.8. The number of anilines is 2. The van der Waals surface area contributed by atoms with E-state index in [9.17, 15) is 9.59 Å². The molecule has 0 aromatic heterocycles. The molecule has 168 valence electrons. The van der Waals surface area contributed by atoms with E-state index in [1.807, 2.05) is 29.2 Å². The van der Waals surface area contributed by atoms with E-state index in [1.54, 1.807) is 6.92 Å². The molecule has 0 spiro atoms. The van der Waals surface area contributed by atoms with Crippen LogP contribution in [0.25, 0.3) is 11.1 Å². The van der Waals surface area contributed by atoms with Crippen LogP contribution in [0.2, 0.25) is 0 Å². The van der Waals surface area contributed by atoms with Crippen LogP contribution in [0.15, 0.2) is 47.5 Å². The molecule has 32 heavy (non-hydrogen) atoms. The van der Waals surface area contributed by atoms with Gasteiger partial charge in [0.15, 0.2) is 0 Å². The summed E-state index contributed by atoms with van der Waals surface area (Å²) in [6.07, 6.45) is 8.20. The predicted octanol–water partition coefficient (Wildman–Crippen LogP) is 5.97. The van der Waals surface area contributed by atoms with Gasteiger partial charge in [-0.2, -0.15) is 0 Å². The Bertz CT molecular complexity index is 1030. The smallest absolute Gasteiger partial charge is 0.224 e. The molecule has 1 saturated carbocycles. The number of hydrogen-bond acceptors (Lipinski definition) is 3. The van der Waals surface area contributed by atoms with Gasteiger partial charge in [0.05, 0.1) is 11.7 Å². The van der Waals surface area contributed by atoms with Crippen LogP contribution >= 0.6 is 0 Å². The number of fused-ring (bicyclic) bond motifs is 1. The zero-order valence-corrected chi connectivity index (χ0v) is 19.4. The maximum absolute atomic E-state index is 12.5. The number of amides is 2. The summed E-state index contributed by atoms with van der Waals surface area (Å²) in [6, 6.07) is 14.6. The molecule has 1 aliphatic carbocycles. The van der Waals surface area contributed by atoms with Crippen LogP contribution in [-0.4, -0.2) is 29.6 Å². The van der Waals surface area contributed by atoms with Crippen molar-refractivity contribution < 1.29 is 9.59 Å². The first-order chi connectivity index (χ1) is 15.4. The van der Waals surface area contributed by atoms with Gasteiger partial charge in [0.2, 0.25) is 11.8 Å². The molecule has 5 heteroatoms. The number of carbonyl (C=O) groups excluding carboxylic acids is 2.